The van der Waals surface area contributed by atoms with Gasteiger partial charge in [0.15, 0.2) is 0 Å². The molecule has 0 saturated carbocycles. The molecule has 0 bridgehead atoms. The Labute approximate surface area is 100 Å². The first kappa shape index (κ1) is 14.6. The van der Waals surface area contributed by atoms with Crippen molar-refractivity contribution >= 4 is 29.6 Å². The molecule has 90 valence electrons. The van der Waals surface area contributed by atoms with Crippen molar-refractivity contribution in [2.45, 2.75) is 6.92 Å². The highest BCUT2D eigenvalue weighted by atomic mass is 32.1. The second-order valence-corrected chi connectivity index (χ2v) is 3.05. The summed E-state index contributed by atoms with van der Waals surface area (Å²) in [7, 11) is 1.77. The highest BCUT2D eigenvalue weighted by Gasteiger charge is 2.00. The van der Waals surface area contributed by atoms with E-state index in [1.165, 1.54) is 5.49 Å². The first-order chi connectivity index (χ1) is 7.60. The third-order valence-electron chi connectivity index (χ3n) is 1.51. The molecule has 0 aliphatic carbocycles. The monoisotopic (exact) mass is 245 g/mol. The van der Waals surface area contributed by atoms with E-state index in [2.05, 4.69) is 17.0 Å². The van der Waals surface area contributed by atoms with Crippen LogP contribution in [0.2, 0.25) is 0 Å². The Kier molecular flexibility index (Phi) is 8.05. The first-order valence-electron chi connectivity index (χ1n) is 4.77. The number of rotatable bonds is 7. The Balaban J connectivity index is 3.73. The van der Waals surface area contributed by atoms with Gasteiger partial charge in [-0.2, -0.15) is 0 Å². The fourth-order valence-electron chi connectivity index (χ4n) is 0.717. The van der Waals surface area contributed by atoms with Gasteiger partial charge in [-0.3, -0.25) is 0 Å². The van der Waals surface area contributed by atoms with Gasteiger partial charge in [0.1, 0.15) is 6.61 Å². The van der Waals surface area contributed by atoms with Crippen molar-refractivity contribution in [3.8, 4) is 0 Å². The second-order valence-electron chi connectivity index (χ2n) is 2.84. The zero-order chi connectivity index (χ0) is 12.4. The summed E-state index contributed by atoms with van der Waals surface area (Å²) in [5.41, 5.74) is 1.46. The van der Waals surface area contributed by atoms with Crippen LogP contribution < -0.4 is 0 Å². The van der Waals surface area contributed by atoms with Crippen LogP contribution in [0.1, 0.15) is 6.92 Å². The van der Waals surface area contributed by atoms with E-state index in [-0.39, 0.29) is 13.2 Å². The lowest BCUT2D eigenvalue weighted by Gasteiger charge is -2.10. The summed E-state index contributed by atoms with van der Waals surface area (Å²) < 4.78 is 9.39. The van der Waals surface area contributed by atoms with Crippen molar-refractivity contribution in [1.29, 1.82) is 0 Å². The van der Waals surface area contributed by atoms with E-state index in [0.717, 1.165) is 12.2 Å². The number of likely N-dealkylation sites (N-methyl/N-ethyl adjacent to an activating group) is 1. The first-order valence-corrected chi connectivity index (χ1v) is 5.24. The number of nitrogens with zero attached hydrogens (tertiary/aromatic N) is 1. The maximum Gasteiger partial charge on any atom is 0.331 e. The zero-order valence-corrected chi connectivity index (χ0v) is 10.2. The van der Waals surface area contributed by atoms with Crippen LogP contribution in [0, 0.1) is 0 Å². The smallest absolute Gasteiger partial charge is 0.331 e. The number of carbonyl (C=O) groups is 2. The Morgan fingerprint density at radius 1 is 1.25 bits per heavy atom. The van der Waals surface area contributed by atoms with Gasteiger partial charge in [-0.25, -0.2) is 9.59 Å². The lowest BCUT2D eigenvalue weighted by atomic mass is 10.5. The average molecular weight is 245 g/mol. The van der Waals surface area contributed by atoms with Gasteiger partial charge in [0.2, 0.25) is 0 Å². The molecule has 0 heterocycles. The van der Waals surface area contributed by atoms with Crippen LogP contribution in [0.15, 0.2) is 12.2 Å². The Bertz CT molecular complexity index is 278. The van der Waals surface area contributed by atoms with E-state index < -0.39 is 11.9 Å². The molecular weight excluding hydrogens is 230 g/mol. The topological polar surface area (TPSA) is 55.8 Å². The van der Waals surface area contributed by atoms with E-state index in [9.17, 15) is 9.59 Å². The van der Waals surface area contributed by atoms with Gasteiger partial charge < -0.3 is 14.4 Å². The molecule has 0 amide bonds. The Morgan fingerprint density at radius 2 is 1.81 bits per heavy atom. The van der Waals surface area contributed by atoms with Crippen molar-refractivity contribution < 1.29 is 19.1 Å². The van der Waals surface area contributed by atoms with Crippen LogP contribution in [0.3, 0.4) is 0 Å². The zero-order valence-electron chi connectivity index (χ0n) is 9.34. The number of carbonyl (C=O) groups excluding carboxylic acids is 2. The van der Waals surface area contributed by atoms with E-state index in [0.29, 0.717) is 6.54 Å². The molecule has 5 nitrogen and oxygen atoms in total. The minimum Gasteiger partial charge on any atom is -0.463 e. The normalized spacial score (nSPS) is 9.88. The molecule has 0 aromatic heterocycles. The molecule has 0 aromatic carbocycles. The maximum atomic E-state index is 11.1. The van der Waals surface area contributed by atoms with Gasteiger partial charge in [0.05, 0.1) is 18.6 Å². The van der Waals surface area contributed by atoms with Crippen LogP contribution in [0.25, 0.3) is 0 Å². The van der Waals surface area contributed by atoms with Gasteiger partial charge in [-0.15, -0.1) is 0 Å². The molecule has 0 saturated heterocycles. The molecule has 16 heavy (non-hydrogen) atoms. The van der Waals surface area contributed by atoms with Gasteiger partial charge >= 0.3 is 11.9 Å². The van der Waals surface area contributed by atoms with Gasteiger partial charge in [-0.1, -0.05) is 12.2 Å². The lowest BCUT2D eigenvalue weighted by molar-refractivity contribution is -0.140. The molecule has 0 aromatic rings. The molecule has 0 fully saturated rings. The van der Waals surface area contributed by atoms with E-state index in [1.807, 2.05) is 0 Å². The number of hydrogen-bond donors (Lipinski definition) is 0. The van der Waals surface area contributed by atoms with Crippen LogP contribution in [-0.2, 0) is 19.1 Å². The highest BCUT2D eigenvalue weighted by Crippen LogP contribution is 1.86. The molecule has 0 aliphatic heterocycles. The molecule has 0 N–H and O–H groups in total. The summed E-state index contributed by atoms with van der Waals surface area (Å²) in [5, 5.41) is 0. The van der Waals surface area contributed by atoms with Crippen molar-refractivity contribution in [1.82, 2.24) is 4.90 Å². The Hall–Kier alpha value is -1.43. The molecule has 0 rings (SSSR count). The summed E-state index contributed by atoms with van der Waals surface area (Å²) in [5.74, 6) is -1.14. The van der Waals surface area contributed by atoms with Crippen LogP contribution >= 0.6 is 12.2 Å². The van der Waals surface area contributed by atoms with E-state index >= 15 is 0 Å². The third kappa shape index (κ3) is 7.93. The van der Waals surface area contributed by atoms with E-state index in [1.54, 1.807) is 18.9 Å². The summed E-state index contributed by atoms with van der Waals surface area (Å²) in [6.07, 6.45) is 2.07. The Morgan fingerprint density at radius 3 is 2.31 bits per heavy atom. The molecule has 0 aliphatic rings. The molecule has 0 atom stereocenters. The fourth-order valence-corrected chi connectivity index (χ4v) is 0.823. The predicted octanol–water partition coefficient (Wildman–Crippen LogP) is 0.538. The lowest BCUT2D eigenvalue weighted by Crippen LogP contribution is -2.21. The fraction of sp³-hybridized carbons (Fsp3) is 0.500. The van der Waals surface area contributed by atoms with Crippen molar-refractivity contribution in [3.63, 3.8) is 0 Å². The third-order valence-corrected chi connectivity index (χ3v) is 1.87. The van der Waals surface area contributed by atoms with Crippen molar-refractivity contribution in [2.24, 2.45) is 0 Å². The summed E-state index contributed by atoms with van der Waals surface area (Å²) in [6, 6.07) is 0. The van der Waals surface area contributed by atoms with E-state index in [4.69, 9.17) is 4.74 Å². The molecular formula is C10H15NO4S. The predicted molar refractivity (Wildman–Crippen MR) is 63.0 cm³/mol. The van der Waals surface area contributed by atoms with Gasteiger partial charge in [0.25, 0.3) is 0 Å². The molecule has 0 spiro atoms. The summed E-state index contributed by atoms with van der Waals surface area (Å²) in [6.45, 7) is 2.70. The average Bonchev–Trinajstić information content (AvgIpc) is 2.26. The maximum absolute atomic E-state index is 11.1. The molecule has 0 unspecified atom stereocenters. The largest absolute Gasteiger partial charge is 0.463 e. The minimum atomic E-state index is -0.578. The van der Waals surface area contributed by atoms with Crippen molar-refractivity contribution in [3.05, 3.63) is 12.2 Å². The number of hydrogen-bond acceptors (Lipinski definition) is 5. The SMILES string of the molecule is CCOC(=O)/C=C/C(=O)OCCN(C)C=S. The minimum absolute atomic E-state index is 0.218. The highest BCUT2D eigenvalue weighted by molar-refractivity contribution is 7.78. The van der Waals surface area contributed by atoms with Crippen LogP contribution in [0.5, 0.6) is 0 Å². The van der Waals surface area contributed by atoms with Gasteiger partial charge in [-0.05, 0) is 6.92 Å². The van der Waals surface area contributed by atoms with Crippen LogP contribution in [0.4, 0.5) is 0 Å². The number of esters is 2. The standard InChI is InChI=1S/C10H15NO4S/c1-3-14-9(12)4-5-10(13)15-7-6-11(2)8-16/h4-5,8H,3,6-7H2,1-2H3/b5-4+. The second kappa shape index (κ2) is 8.84. The quantitative estimate of drug-likeness (QED) is 0.371. The van der Waals surface area contributed by atoms with Gasteiger partial charge in [0, 0.05) is 19.2 Å². The number of ether oxygens (including phenoxy) is 2. The molecule has 6 heteroatoms. The van der Waals surface area contributed by atoms with Crippen molar-refractivity contribution in [2.75, 3.05) is 26.8 Å². The molecule has 0 radical (unpaired) electrons. The summed E-state index contributed by atoms with van der Waals surface area (Å²) >= 11 is 4.65. The summed E-state index contributed by atoms with van der Waals surface area (Å²) in [4.78, 5) is 23.6. The van der Waals surface area contributed by atoms with Crippen LogP contribution in [-0.4, -0.2) is 49.1 Å². The number of thiocarbonyl (C=S) groups is 1.